The van der Waals surface area contributed by atoms with Gasteiger partial charge in [-0.3, -0.25) is 14.5 Å². The standard InChI is InChI=1S/C63H124N4O9/c1-8-14-20-22-32-47-66(49-34-24-30-42-60(69)75-56-58(38-26-16-10-3)39-27-17-11-4)62(71)73-54-51-65(46-36-44-64(7)45-37-53-68)52-55-74-63(72)67(48-33-23-21-15-9-2)50-35-25-31-43-61(70)76-57-59(40-28-18-12-5)41-29-19-13-6/h58-59,68H,8-57H2,1-7H3. The molecule has 0 saturated carbocycles. The van der Waals surface area contributed by atoms with E-state index in [0.29, 0.717) is 77.2 Å². The maximum absolute atomic E-state index is 13.7. The molecule has 0 aliphatic carbocycles. The molecule has 76 heavy (non-hydrogen) atoms. The van der Waals surface area contributed by atoms with Gasteiger partial charge in [0.1, 0.15) is 13.2 Å². The van der Waals surface area contributed by atoms with Crippen molar-refractivity contribution in [2.24, 2.45) is 11.8 Å². The largest absolute Gasteiger partial charge is 0.465 e. The lowest BCUT2D eigenvalue weighted by Crippen LogP contribution is -2.39. The second-order valence-corrected chi connectivity index (χ2v) is 22.3. The number of carbonyl (C=O) groups is 4. The first-order chi connectivity index (χ1) is 37.1. The van der Waals surface area contributed by atoms with E-state index in [1.165, 1.54) is 103 Å². The van der Waals surface area contributed by atoms with Crippen LogP contribution in [-0.4, -0.2) is 148 Å². The van der Waals surface area contributed by atoms with Crippen molar-refractivity contribution in [3.63, 3.8) is 0 Å². The average molecular weight is 1080 g/mol. The number of esters is 2. The molecule has 0 atom stereocenters. The van der Waals surface area contributed by atoms with Gasteiger partial charge in [-0.05, 0) is 109 Å². The molecule has 0 rings (SSSR count). The molecule has 0 radical (unpaired) electrons. The van der Waals surface area contributed by atoms with Gasteiger partial charge in [0.25, 0.3) is 0 Å². The van der Waals surface area contributed by atoms with E-state index in [4.69, 9.17) is 18.9 Å². The Bertz CT molecular complexity index is 1200. The molecule has 0 aromatic rings. The quantitative estimate of drug-likeness (QED) is 0.0354. The summed E-state index contributed by atoms with van der Waals surface area (Å²) in [5.74, 6) is 0.704. The Hall–Kier alpha value is -2.64. The summed E-state index contributed by atoms with van der Waals surface area (Å²) in [6, 6.07) is 0. The lowest BCUT2D eigenvalue weighted by atomic mass is 9.96. The van der Waals surface area contributed by atoms with Crippen molar-refractivity contribution < 1.29 is 43.2 Å². The van der Waals surface area contributed by atoms with E-state index < -0.39 is 0 Å². The van der Waals surface area contributed by atoms with Crippen LogP contribution >= 0.6 is 0 Å². The Morgan fingerprint density at radius 1 is 0.355 bits per heavy atom. The highest BCUT2D eigenvalue weighted by molar-refractivity contribution is 5.70. The molecule has 1 N–H and O–H groups in total. The van der Waals surface area contributed by atoms with Crippen molar-refractivity contribution in [1.29, 1.82) is 0 Å². The summed E-state index contributed by atoms with van der Waals surface area (Å²) in [7, 11) is 2.07. The lowest BCUT2D eigenvalue weighted by Gasteiger charge is -2.26. The smallest absolute Gasteiger partial charge is 0.409 e. The molecule has 450 valence electrons. The number of amides is 2. The molecular weight excluding hydrogens is 957 g/mol. The molecule has 0 heterocycles. The second-order valence-electron chi connectivity index (χ2n) is 22.3. The molecule has 0 aliphatic rings. The maximum Gasteiger partial charge on any atom is 0.409 e. The molecule has 0 bridgehead atoms. The Morgan fingerprint density at radius 3 is 1.04 bits per heavy atom. The number of unbranched alkanes of at least 4 members (excludes halogenated alkanes) is 20. The number of aliphatic hydroxyl groups excluding tert-OH is 1. The van der Waals surface area contributed by atoms with Crippen LogP contribution in [0.25, 0.3) is 0 Å². The number of hydrogen-bond donors (Lipinski definition) is 1. The van der Waals surface area contributed by atoms with Gasteiger partial charge in [0.2, 0.25) is 0 Å². The predicted octanol–water partition coefficient (Wildman–Crippen LogP) is 15.6. The molecule has 0 spiro atoms. The van der Waals surface area contributed by atoms with E-state index in [-0.39, 0.29) is 43.9 Å². The summed E-state index contributed by atoms with van der Waals surface area (Å²) >= 11 is 0. The Labute approximate surface area is 468 Å². The van der Waals surface area contributed by atoms with Gasteiger partial charge in [0, 0.05) is 65.3 Å². The first-order valence-electron chi connectivity index (χ1n) is 32.2. The summed E-state index contributed by atoms with van der Waals surface area (Å²) in [6.45, 7) is 21.0. The number of nitrogens with zero attached hydrogens (tertiary/aromatic N) is 4. The molecule has 0 fully saturated rings. The number of ether oxygens (including phenoxy) is 4. The highest BCUT2D eigenvalue weighted by atomic mass is 16.6. The first kappa shape index (κ1) is 73.4. The van der Waals surface area contributed by atoms with Crippen molar-refractivity contribution in [2.45, 2.75) is 273 Å². The predicted molar refractivity (Wildman–Crippen MR) is 316 cm³/mol. The third-order valence-electron chi connectivity index (χ3n) is 15.0. The van der Waals surface area contributed by atoms with Gasteiger partial charge in [-0.15, -0.1) is 0 Å². The van der Waals surface area contributed by atoms with E-state index in [9.17, 15) is 24.3 Å². The number of aliphatic hydroxyl groups is 1. The van der Waals surface area contributed by atoms with Gasteiger partial charge in [0.15, 0.2) is 0 Å². The van der Waals surface area contributed by atoms with Crippen LogP contribution < -0.4 is 0 Å². The average Bonchev–Trinajstić information content (AvgIpc) is 3.41. The summed E-state index contributed by atoms with van der Waals surface area (Å²) in [6.07, 6.45) is 36.7. The summed E-state index contributed by atoms with van der Waals surface area (Å²) < 4.78 is 23.5. The van der Waals surface area contributed by atoms with Gasteiger partial charge in [-0.25, -0.2) is 9.59 Å². The fourth-order valence-corrected chi connectivity index (χ4v) is 9.88. The van der Waals surface area contributed by atoms with Crippen molar-refractivity contribution in [2.75, 3.05) is 99.0 Å². The third kappa shape index (κ3) is 46.3. The van der Waals surface area contributed by atoms with Gasteiger partial charge in [-0.1, -0.05) is 183 Å². The molecule has 0 aromatic heterocycles. The van der Waals surface area contributed by atoms with Gasteiger partial charge < -0.3 is 38.8 Å². The lowest BCUT2D eigenvalue weighted by molar-refractivity contribution is -0.146. The van der Waals surface area contributed by atoms with Crippen molar-refractivity contribution in [3.05, 3.63) is 0 Å². The van der Waals surface area contributed by atoms with Crippen LogP contribution in [0.4, 0.5) is 9.59 Å². The fourth-order valence-electron chi connectivity index (χ4n) is 9.88. The van der Waals surface area contributed by atoms with E-state index in [1.54, 1.807) is 0 Å². The minimum absolute atomic E-state index is 0.106. The zero-order valence-corrected chi connectivity index (χ0v) is 51.0. The Kier molecular flexibility index (Phi) is 53.7. The van der Waals surface area contributed by atoms with Crippen LogP contribution in [0.2, 0.25) is 0 Å². The Morgan fingerprint density at radius 2 is 0.684 bits per heavy atom. The summed E-state index contributed by atoms with van der Waals surface area (Å²) in [5, 5.41) is 9.35. The molecular formula is C63H124N4O9. The fraction of sp³-hybridized carbons (Fsp3) is 0.937. The molecule has 0 aliphatic heterocycles. The van der Waals surface area contributed by atoms with E-state index in [1.807, 2.05) is 9.80 Å². The minimum atomic E-state index is -0.294. The molecule has 0 unspecified atom stereocenters. The molecule has 0 saturated heterocycles. The number of rotatable bonds is 57. The summed E-state index contributed by atoms with van der Waals surface area (Å²) in [5.41, 5.74) is 0. The second kappa shape index (κ2) is 55.7. The van der Waals surface area contributed by atoms with Crippen LogP contribution in [0.3, 0.4) is 0 Å². The van der Waals surface area contributed by atoms with Crippen LogP contribution in [-0.2, 0) is 28.5 Å². The van der Waals surface area contributed by atoms with Crippen LogP contribution in [0, 0.1) is 11.8 Å². The third-order valence-corrected chi connectivity index (χ3v) is 15.0. The molecule has 13 heteroatoms. The molecule has 2 amide bonds. The number of hydrogen-bond acceptors (Lipinski definition) is 11. The maximum atomic E-state index is 13.7. The SMILES string of the molecule is CCCCCCCN(CCCCCC(=O)OCC(CCCCC)CCCCC)C(=O)OCCN(CCCN(C)CCCO)CCOC(=O)N(CCCCCCC)CCCCCC(=O)OCC(CCCCC)CCCCC. The molecule has 13 nitrogen and oxygen atoms in total. The Balaban J connectivity index is 5.43. The minimum Gasteiger partial charge on any atom is -0.465 e. The normalized spacial score (nSPS) is 11.6. The highest BCUT2D eigenvalue weighted by Crippen LogP contribution is 2.21. The van der Waals surface area contributed by atoms with Gasteiger partial charge in [-0.2, -0.15) is 0 Å². The van der Waals surface area contributed by atoms with Crippen LogP contribution in [0.15, 0.2) is 0 Å². The topological polar surface area (TPSA) is 138 Å². The van der Waals surface area contributed by atoms with Gasteiger partial charge >= 0.3 is 24.1 Å². The zero-order valence-electron chi connectivity index (χ0n) is 51.0. The summed E-state index contributed by atoms with van der Waals surface area (Å²) in [4.78, 5) is 61.0. The van der Waals surface area contributed by atoms with Gasteiger partial charge in [0.05, 0.1) is 13.2 Å². The van der Waals surface area contributed by atoms with E-state index in [0.717, 1.165) is 135 Å². The van der Waals surface area contributed by atoms with Crippen molar-refractivity contribution >= 4 is 24.1 Å². The van der Waals surface area contributed by atoms with E-state index in [2.05, 4.69) is 58.4 Å². The monoisotopic (exact) mass is 1080 g/mol. The van der Waals surface area contributed by atoms with Crippen molar-refractivity contribution in [3.8, 4) is 0 Å². The van der Waals surface area contributed by atoms with Crippen LogP contribution in [0.1, 0.15) is 273 Å². The first-order valence-corrected chi connectivity index (χ1v) is 32.2. The number of carbonyl (C=O) groups excluding carboxylic acids is 4. The van der Waals surface area contributed by atoms with E-state index >= 15 is 0 Å². The van der Waals surface area contributed by atoms with Crippen LogP contribution in [0.5, 0.6) is 0 Å². The van der Waals surface area contributed by atoms with Crippen molar-refractivity contribution in [1.82, 2.24) is 19.6 Å². The highest BCUT2D eigenvalue weighted by Gasteiger charge is 2.19. The molecule has 0 aromatic carbocycles. The zero-order chi connectivity index (χ0) is 56.0.